The molecule has 0 saturated carbocycles. The van der Waals surface area contributed by atoms with E-state index in [9.17, 15) is 0 Å². The third kappa shape index (κ3) is 5.10. The van der Waals surface area contributed by atoms with Crippen molar-refractivity contribution < 1.29 is 8.83 Å². The summed E-state index contributed by atoms with van der Waals surface area (Å²) in [6.45, 7) is 18.5. The number of fused-ring (bicyclic) bond motifs is 9. The molecule has 1 aliphatic carbocycles. The molecule has 3 heteroatoms. The van der Waals surface area contributed by atoms with Crippen molar-refractivity contribution in [3.8, 4) is 22.3 Å². The molecule has 9 aromatic rings. The quantitative estimate of drug-likeness (QED) is 0.181. The molecule has 0 bridgehead atoms. The number of hydrogen-bond acceptors (Lipinski definition) is 3. The zero-order valence-corrected chi connectivity index (χ0v) is 33.5. The Labute approximate surface area is 329 Å². The first-order valence-electron chi connectivity index (χ1n) is 19.9. The number of para-hydroxylation sites is 1. The monoisotopic (exact) mass is 729 g/mol. The minimum Gasteiger partial charge on any atom is -0.456 e. The molecule has 0 amide bonds. The zero-order valence-electron chi connectivity index (χ0n) is 33.5. The van der Waals surface area contributed by atoms with Gasteiger partial charge in [0.15, 0.2) is 5.58 Å². The van der Waals surface area contributed by atoms with E-state index in [2.05, 4.69) is 200 Å². The molecular formula is C53H47NO2. The van der Waals surface area contributed by atoms with E-state index < -0.39 is 0 Å². The lowest BCUT2D eigenvalue weighted by molar-refractivity contribution is 0.569. The van der Waals surface area contributed by atoms with Crippen molar-refractivity contribution in [1.29, 1.82) is 0 Å². The van der Waals surface area contributed by atoms with Crippen LogP contribution in [0.1, 0.15) is 77.6 Å². The molecule has 276 valence electrons. The van der Waals surface area contributed by atoms with Crippen molar-refractivity contribution in [3.05, 3.63) is 162 Å². The van der Waals surface area contributed by atoms with Crippen LogP contribution in [0.25, 0.3) is 66.1 Å². The van der Waals surface area contributed by atoms with Crippen LogP contribution in [-0.4, -0.2) is 0 Å². The van der Waals surface area contributed by atoms with E-state index in [1.807, 2.05) is 0 Å². The average molecular weight is 730 g/mol. The van der Waals surface area contributed by atoms with E-state index in [1.54, 1.807) is 0 Å². The summed E-state index contributed by atoms with van der Waals surface area (Å²) in [5.41, 5.74) is 16.5. The van der Waals surface area contributed by atoms with E-state index in [1.165, 1.54) is 38.8 Å². The second kappa shape index (κ2) is 12.0. The molecule has 0 unspecified atom stereocenters. The lowest BCUT2D eigenvalue weighted by Gasteiger charge is -2.28. The molecule has 3 nitrogen and oxygen atoms in total. The predicted octanol–water partition coefficient (Wildman–Crippen LogP) is 15.5. The summed E-state index contributed by atoms with van der Waals surface area (Å²) in [6.07, 6.45) is 0. The third-order valence-corrected chi connectivity index (χ3v) is 12.1. The number of benzene rings is 7. The van der Waals surface area contributed by atoms with Gasteiger partial charge >= 0.3 is 0 Å². The molecule has 0 spiro atoms. The second-order valence-electron chi connectivity index (χ2n) is 18.2. The highest BCUT2D eigenvalue weighted by Gasteiger charge is 2.36. The van der Waals surface area contributed by atoms with Gasteiger partial charge in [-0.25, -0.2) is 0 Å². The summed E-state index contributed by atoms with van der Waals surface area (Å²) in [5, 5.41) is 4.48. The van der Waals surface area contributed by atoms with Gasteiger partial charge in [-0.1, -0.05) is 152 Å². The number of nitrogens with zero attached hydrogens (tertiary/aromatic N) is 1. The average Bonchev–Trinajstić information content (AvgIpc) is 3.83. The maximum Gasteiger partial charge on any atom is 0.159 e. The van der Waals surface area contributed by atoms with Gasteiger partial charge in [0.2, 0.25) is 0 Å². The summed E-state index contributed by atoms with van der Waals surface area (Å²) >= 11 is 0. The Morgan fingerprint density at radius 2 is 1.14 bits per heavy atom. The fraction of sp³-hybridized carbons (Fsp3) is 0.208. The van der Waals surface area contributed by atoms with E-state index in [-0.39, 0.29) is 16.2 Å². The standard InChI is InChI=1S/C53H47NO2/c1-51(2,3)33-29-41(52(4,5)6)47-38-21-14-24-43(50(38)56-46(47)30-33)54(34-27-28-37-36-19-12-13-22-39(36)53(7,8)40(37)31-34)42-23-16-26-45-49(42)48-35(20-15-25-44(48)55-45)32-17-10-9-11-18-32/h9-31H,1-8H3. The highest BCUT2D eigenvalue weighted by molar-refractivity contribution is 6.20. The van der Waals surface area contributed by atoms with E-state index in [4.69, 9.17) is 8.83 Å². The third-order valence-electron chi connectivity index (χ3n) is 12.1. The summed E-state index contributed by atoms with van der Waals surface area (Å²) in [5.74, 6) is 0. The van der Waals surface area contributed by atoms with E-state index >= 15 is 0 Å². The number of anilines is 3. The van der Waals surface area contributed by atoms with Crippen molar-refractivity contribution in [2.75, 3.05) is 4.90 Å². The second-order valence-corrected chi connectivity index (χ2v) is 18.2. The molecular weight excluding hydrogens is 683 g/mol. The van der Waals surface area contributed by atoms with Crippen LogP contribution in [0.4, 0.5) is 17.1 Å². The first-order valence-corrected chi connectivity index (χ1v) is 19.9. The van der Waals surface area contributed by atoms with Crippen molar-refractivity contribution in [3.63, 3.8) is 0 Å². The molecule has 2 heterocycles. The van der Waals surface area contributed by atoms with Crippen LogP contribution in [0.3, 0.4) is 0 Å². The fourth-order valence-corrected chi connectivity index (χ4v) is 9.25. The summed E-state index contributed by atoms with van der Waals surface area (Å²) in [6, 6.07) is 50.7. The smallest absolute Gasteiger partial charge is 0.159 e. The summed E-state index contributed by atoms with van der Waals surface area (Å²) in [4.78, 5) is 2.42. The molecule has 10 rings (SSSR count). The van der Waals surface area contributed by atoms with Gasteiger partial charge in [-0.15, -0.1) is 0 Å². The van der Waals surface area contributed by atoms with Crippen molar-refractivity contribution in [2.24, 2.45) is 0 Å². The molecule has 56 heavy (non-hydrogen) atoms. The summed E-state index contributed by atoms with van der Waals surface area (Å²) < 4.78 is 13.9. The number of hydrogen-bond donors (Lipinski definition) is 0. The van der Waals surface area contributed by atoms with Gasteiger partial charge in [0, 0.05) is 27.3 Å². The Kier molecular flexibility index (Phi) is 7.36. The Morgan fingerprint density at radius 1 is 0.482 bits per heavy atom. The molecule has 0 radical (unpaired) electrons. The molecule has 0 N–H and O–H groups in total. The lowest BCUT2D eigenvalue weighted by Crippen LogP contribution is -2.16. The van der Waals surface area contributed by atoms with Gasteiger partial charge in [0.1, 0.15) is 16.7 Å². The Morgan fingerprint density at radius 3 is 1.91 bits per heavy atom. The van der Waals surface area contributed by atoms with Crippen LogP contribution in [0, 0.1) is 0 Å². The van der Waals surface area contributed by atoms with Crippen LogP contribution in [0.5, 0.6) is 0 Å². The predicted molar refractivity (Wildman–Crippen MR) is 236 cm³/mol. The van der Waals surface area contributed by atoms with Gasteiger partial charge < -0.3 is 13.7 Å². The van der Waals surface area contributed by atoms with Crippen LogP contribution in [0.15, 0.2) is 148 Å². The Hall–Kier alpha value is -6.06. The van der Waals surface area contributed by atoms with Crippen LogP contribution >= 0.6 is 0 Å². The highest BCUT2D eigenvalue weighted by atomic mass is 16.3. The molecule has 7 aromatic carbocycles. The van der Waals surface area contributed by atoms with E-state index in [0.717, 1.165) is 66.7 Å². The molecule has 0 atom stereocenters. The van der Waals surface area contributed by atoms with Gasteiger partial charge in [0.25, 0.3) is 0 Å². The normalized spacial score (nSPS) is 13.9. The number of furan rings is 2. The lowest BCUT2D eigenvalue weighted by atomic mass is 9.79. The van der Waals surface area contributed by atoms with Crippen molar-refractivity contribution in [1.82, 2.24) is 0 Å². The van der Waals surface area contributed by atoms with Gasteiger partial charge in [-0.2, -0.15) is 0 Å². The maximum atomic E-state index is 7.17. The van der Waals surface area contributed by atoms with Crippen molar-refractivity contribution >= 4 is 60.9 Å². The maximum absolute atomic E-state index is 7.17. The minimum absolute atomic E-state index is 0.0364. The van der Waals surface area contributed by atoms with Crippen LogP contribution < -0.4 is 4.90 Å². The molecule has 0 saturated heterocycles. The minimum atomic E-state index is -0.168. The number of rotatable bonds is 4. The van der Waals surface area contributed by atoms with Gasteiger partial charge in [-0.3, -0.25) is 0 Å². The van der Waals surface area contributed by atoms with Crippen LogP contribution in [0.2, 0.25) is 0 Å². The molecule has 1 aliphatic rings. The topological polar surface area (TPSA) is 29.5 Å². The molecule has 2 aromatic heterocycles. The van der Waals surface area contributed by atoms with E-state index in [0.29, 0.717) is 0 Å². The van der Waals surface area contributed by atoms with Gasteiger partial charge in [-0.05, 0) is 97.8 Å². The Balaban J connectivity index is 1.32. The zero-order chi connectivity index (χ0) is 38.7. The van der Waals surface area contributed by atoms with Crippen LogP contribution in [-0.2, 0) is 16.2 Å². The Bertz CT molecular complexity index is 3020. The van der Waals surface area contributed by atoms with Gasteiger partial charge in [0.05, 0.1) is 16.8 Å². The highest BCUT2D eigenvalue weighted by Crippen LogP contribution is 2.53. The first kappa shape index (κ1) is 34.4. The fourth-order valence-electron chi connectivity index (χ4n) is 9.25. The SMILES string of the molecule is CC(C)(C)c1cc(C(C)(C)C)c2c(c1)oc1c(N(c3ccc4c(c3)C(C)(C)c3ccccc3-4)c3cccc4oc5cccc(-c6ccccc6)c5c34)cccc12. The molecule has 0 fully saturated rings. The summed E-state index contributed by atoms with van der Waals surface area (Å²) in [7, 11) is 0. The largest absolute Gasteiger partial charge is 0.456 e. The molecule has 0 aliphatic heterocycles. The van der Waals surface area contributed by atoms with Crippen molar-refractivity contribution in [2.45, 2.75) is 71.6 Å². The first-order chi connectivity index (χ1) is 26.8.